The van der Waals surface area contributed by atoms with Gasteiger partial charge in [0, 0.05) is 17.4 Å². The minimum atomic E-state index is -0.406. The molecule has 17 heavy (non-hydrogen) atoms. The Hall–Kier alpha value is -0.680. The summed E-state index contributed by atoms with van der Waals surface area (Å²) in [6, 6.07) is 0. The fourth-order valence-electron chi connectivity index (χ4n) is 1.96. The molecule has 1 fully saturated rings. The van der Waals surface area contributed by atoms with Crippen molar-refractivity contribution in [2.75, 3.05) is 5.75 Å². The molecular formula is C11H15ClN2O2S. The van der Waals surface area contributed by atoms with Gasteiger partial charge < -0.3 is 0 Å². The van der Waals surface area contributed by atoms with E-state index in [1.165, 1.54) is 17.4 Å². The topological polar surface area (TPSA) is 54.9 Å². The lowest BCUT2D eigenvalue weighted by Crippen LogP contribution is -2.39. The molecule has 0 spiro atoms. The maximum absolute atomic E-state index is 11.9. The maximum atomic E-state index is 11.9. The van der Waals surface area contributed by atoms with Crippen LogP contribution >= 0.6 is 23.4 Å². The van der Waals surface area contributed by atoms with E-state index in [1.807, 2.05) is 11.8 Å². The molecule has 1 aliphatic rings. The molecule has 0 radical (unpaired) electrons. The number of rotatable bonds is 2. The zero-order valence-corrected chi connectivity index (χ0v) is 11.2. The number of nitrogens with zero attached hydrogens (tertiary/aromatic N) is 1. The van der Waals surface area contributed by atoms with Crippen LogP contribution in [0.3, 0.4) is 0 Å². The van der Waals surface area contributed by atoms with Crippen LogP contribution in [0.5, 0.6) is 0 Å². The normalized spacial score (nSPS) is 20.5. The zero-order chi connectivity index (χ0) is 12.4. The number of hydrogen-bond acceptors (Lipinski definition) is 3. The summed E-state index contributed by atoms with van der Waals surface area (Å²) in [5.41, 5.74) is -0.270. The first kappa shape index (κ1) is 12.8. The SMILES string of the molecule is Cc1c(Cl)[nH]c(=O)n(CC2CCCCS2)c1=O. The molecule has 2 rings (SSSR count). The molecule has 1 aromatic rings. The number of aromatic nitrogens is 2. The Bertz CT molecular complexity index is 517. The van der Waals surface area contributed by atoms with Crippen LogP contribution in [-0.2, 0) is 6.54 Å². The standard InChI is InChI=1S/C11H15ClN2O2S/c1-7-9(12)13-11(16)14(10(7)15)6-8-4-2-3-5-17-8/h8H,2-6H2,1H3,(H,13,16). The first-order chi connectivity index (χ1) is 8.09. The van der Waals surface area contributed by atoms with Crippen LogP contribution in [0.2, 0.25) is 5.15 Å². The Balaban J connectivity index is 2.29. The largest absolute Gasteiger partial charge is 0.329 e. The Morgan fingerprint density at radius 2 is 2.24 bits per heavy atom. The first-order valence-corrected chi connectivity index (χ1v) is 7.13. The van der Waals surface area contributed by atoms with E-state index in [0.29, 0.717) is 17.4 Å². The van der Waals surface area contributed by atoms with E-state index in [1.54, 1.807) is 6.92 Å². The average molecular weight is 275 g/mol. The van der Waals surface area contributed by atoms with Crippen LogP contribution < -0.4 is 11.2 Å². The molecule has 0 bridgehead atoms. The Labute approximate surface area is 108 Å². The molecule has 94 valence electrons. The molecular weight excluding hydrogens is 260 g/mol. The number of hydrogen-bond donors (Lipinski definition) is 1. The van der Waals surface area contributed by atoms with Crippen LogP contribution in [0, 0.1) is 6.92 Å². The molecule has 1 atom stereocenters. The van der Waals surface area contributed by atoms with Crippen LogP contribution in [0.1, 0.15) is 24.8 Å². The van der Waals surface area contributed by atoms with Crippen molar-refractivity contribution in [3.63, 3.8) is 0 Å². The summed E-state index contributed by atoms with van der Waals surface area (Å²) in [6.07, 6.45) is 3.47. The summed E-state index contributed by atoms with van der Waals surface area (Å²) in [4.78, 5) is 26.1. The molecule has 1 unspecified atom stereocenters. The van der Waals surface area contributed by atoms with Gasteiger partial charge in [0.1, 0.15) is 5.15 Å². The van der Waals surface area contributed by atoms with Gasteiger partial charge in [-0.25, -0.2) is 4.79 Å². The fourth-order valence-corrected chi connectivity index (χ4v) is 3.42. The van der Waals surface area contributed by atoms with Gasteiger partial charge in [0.2, 0.25) is 0 Å². The second-order valence-corrected chi connectivity index (χ2v) is 6.06. The van der Waals surface area contributed by atoms with Gasteiger partial charge in [-0.3, -0.25) is 14.3 Å². The molecule has 6 heteroatoms. The van der Waals surface area contributed by atoms with Crippen molar-refractivity contribution in [3.05, 3.63) is 31.6 Å². The van der Waals surface area contributed by atoms with Crippen molar-refractivity contribution in [2.45, 2.75) is 38.0 Å². The Morgan fingerprint density at radius 3 is 2.88 bits per heavy atom. The first-order valence-electron chi connectivity index (χ1n) is 5.70. The molecule has 0 saturated carbocycles. The van der Waals surface area contributed by atoms with Gasteiger partial charge in [0.15, 0.2) is 0 Å². The number of H-pyrrole nitrogens is 1. The van der Waals surface area contributed by atoms with E-state index in [-0.39, 0.29) is 10.7 Å². The van der Waals surface area contributed by atoms with Gasteiger partial charge in [-0.05, 0) is 25.5 Å². The highest BCUT2D eigenvalue weighted by atomic mass is 35.5. The molecule has 1 saturated heterocycles. The second-order valence-electron chi connectivity index (χ2n) is 4.27. The van der Waals surface area contributed by atoms with E-state index in [9.17, 15) is 9.59 Å². The van der Waals surface area contributed by atoms with E-state index < -0.39 is 5.69 Å². The third kappa shape index (κ3) is 2.77. The molecule has 4 nitrogen and oxygen atoms in total. The quantitative estimate of drug-likeness (QED) is 0.837. The summed E-state index contributed by atoms with van der Waals surface area (Å²) in [5, 5.41) is 0.510. The van der Waals surface area contributed by atoms with E-state index in [0.717, 1.165) is 12.2 Å². The zero-order valence-electron chi connectivity index (χ0n) is 9.66. The smallest absolute Gasteiger partial charge is 0.297 e. The molecule has 0 amide bonds. The molecule has 2 heterocycles. The van der Waals surface area contributed by atoms with Crippen molar-refractivity contribution in [1.29, 1.82) is 0 Å². The summed E-state index contributed by atoms with van der Waals surface area (Å²) in [5.74, 6) is 1.11. The summed E-state index contributed by atoms with van der Waals surface area (Å²) in [7, 11) is 0. The van der Waals surface area contributed by atoms with E-state index in [4.69, 9.17) is 11.6 Å². The van der Waals surface area contributed by atoms with Crippen LogP contribution in [0.4, 0.5) is 0 Å². The van der Waals surface area contributed by atoms with Gasteiger partial charge in [-0.2, -0.15) is 11.8 Å². The van der Waals surface area contributed by atoms with Gasteiger partial charge in [-0.15, -0.1) is 0 Å². The summed E-state index contributed by atoms with van der Waals surface area (Å²) in [6.45, 7) is 2.11. The van der Waals surface area contributed by atoms with E-state index in [2.05, 4.69) is 4.98 Å². The lowest BCUT2D eigenvalue weighted by molar-refractivity contribution is 0.550. The lowest BCUT2D eigenvalue weighted by Gasteiger charge is -2.21. The van der Waals surface area contributed by atoms with Gasteiger partial charge in [0.05, 0.1) is 0 Å². The van der Waals surface area contributed by atoms with Gasteiger partial charge in [0.25, 0.3) is 5.56 Å². The van der Waals surface area contributed by atoms with Gasteiger partial charge >= 0.3 is 5.69 Å². The molecule has 1 aromatic heterocycles. The van der Waals surface area contributed by atoms with E-state index >= 15 is 0 Å². The Morgan fingerprint density at radius 1 is 1.47 bits per heavy atom. The Kier molecular flexibility index (Phi) is 3.99. The predicted octanol–water partition coefficient (Wildman–Crippen LogP) is 1.78. The van der Waals surface area contributed by atoms with Crippen molar-refractivity contribution < 1.29 is 0 Å². The number of nitrogens with one attached hydrogen (secondary N) is 1. The maximum Gasteiger partial charge on any atom is 0.329 e. The minimum Gasteiger partial charge on any atom is -0.297 e. The lowest BCUT2D eigenvalue weighted by atomic mass is 10.2. The van der Waals surface area contributed by atoms with Crippen LogP contribution in [0.25, 0.3) is 0 Å². The van der Waals surface area contributed by atoms with Crippen molar-refractivity contribution in [3.8, 4) is 0 Å². The highest BCUT2D eigenvalue weighted by Crippen LogP contribution is 2.25. The monoisotopic (exact) mass is 274 g/mol. The predicted molar refractivity (Wildman–Crippen MR) is 71.2 cm³/mol. The third-order valence-corrected chi connectivity index (χ3v) is 4.78. The minimum absolute atomic E-state index is 0.146. The van der Waals surface area contributed by atoms with Crippen molar-refractivity contribution in [2.24, 2.45) is 0 Å². The third-order valence-electron chi connectivity index (χ3n) is 3.02. The molecule has 0 aliphatic carbocycles. The average Bonchev–Trinajstić information content (AvgIpc) is 2.33. The highest BCUT2D eigenvalue weighted by Gasteiger charge is 2.17. The highest BCUT2D eigenvalue weighted by molar-refractivity contribution is 7.99. The molecule has 1 aliphatic heterocycles. The second kappa shape index (κ2) is 5.31. The fraction of sp³-hybridized carbons (Fsp3) is 0.636. The molecule has 1 N–H and O–H groups in total. The molecule has 0 aromatic carbocycles. The number of halogens is 1. The van der Waals surface area contributed by atoms with Crippen molar-refractivity contribution in [1.82, 2.24) is 9.55 Å². The number of thioether (sulfide) groups is 1. The summed E-state index contributed by atoms with van der Waals surface area (Å²) >= 11 is 7.60. The van der Waals surface area contributed by atoms with Crippen LogP contribution in [0.15, 0.2) is 9.59 Å². The van der Waals surface area contributed by atoms with Gasteiger partial charge in [-0.1, -0.05) is 18.0 Å². The van der Waals surface area contributed by atoms with Crippen molar-refractivity contribution >= 4 is 23.4 Å². The summed E-state index contributed by atoms with van der Waals surface area (Å²) < 4.78 is 1.27. The number of aromatic amines is 1. The van der Waals surface area contributed by atoms with Crippen LogP contribution in [-0.4, -0.2) is 20.6 Å².